The zero-order chi connectivity index (χ0) is 17.6. The van der Waals surface area contributed by atoms with E-state index in [1.54, 1.807) is 12.4 Å². The van der Waals surface area contributed by atoms with Gasteiger partial charge < -0.3 is 9.88 Å². The summed E-state index contributed by atoms with van der Waals surface area (Å²) in [7, 11) is 1.91. The van der Waals surface area contributed by atoms with Crippen LogP contribution < -0.4 is 5.32 Å². The molecule has 0 aliphatic heterocycles. The van der Waals surface area contributed by atoms with E-state index >= 15 is 0 Å². The minimum atomic E-state index is -0.322. The SMILES string of the molecule is Cc1nnc([C@H](NC(=O)CCc2ccncc2)c2ccccc2)n1C. The molecule has 2 aromatic heterocycles. The fraction of sp³-hybridized carbons (Fsp3) is 0.263. The van der Waals surface area contributed by atoms with Crippen molar-refractivity contribution in [2.24, 2.45) is 7.05 Å². The molecule has 1 amide bonds. The van der Waals surface area contributed by atoms with Gasteiger partial charge in [-0.05, 0) is 36.6 Å². The van der Waals surface area contributed by atoms with Crippen molar-refractivity contribution >= 4 is 5.91 Å². The number of amides is 1. The number of carbonyl (C=O) groups is 1. The molecule has 0 saturated carbocycles. The minimum Gasteiger partial charge on any atom is -0.342 e. The molecule has 0 spiro atoms. The van der Waals surface area contributed by atoms with Crippen LogP contribution in [0.4, 0.5) is 0 Å². The fourth-order valence-electron chi connectivity index (χ4n) is 2.66. The molecule has 1 atom stereocenters. The molecule has 6 nitrogen and oxygen atoms in total. The predicted molar refractivity (Wildman–Crippen MR) is 94.7 cm³/mol. The zero-order valence-electron chi connectivity index (χ0n) is 14.4. The molecule has 1 N–H and O–H groups in total. The molecule has 0 bridgehead atoms. The van der Waals surface area contributed by atoms with Gasteiger partial charge in [-0.2, -0.15) is 0 Å². The van der Waals surface area contributed by atoms with Gasteiger partial charge in [0.15, 0.2) is 5.82 Å². The highest BCUT2D eigenvalue weighted by atomic mass is 16.1. The standard InChI is InChI=1S/C19H21N5O/c1-14-22-23-19(24(14)2)18(16-6-4-3-5-7-16)21-17(25)9-8-15-10-12-20-13-11-15/h3-7,10-13,18H,8-9H2,1-2H3,(H,21,25)/t18-/m1/s1. The first-order valence-electron chi connectivity index (χ1n) is 8.24. The van der Waals surface area contributed by atoms with Crippen molar-refractivity contribution in [3.63, 3.8) is 0 Å². The van der Waals surface area contributed by atoms with Crippen LogP contribution in [0.2, 0.25) is 0 Å². The third-order valence-corrected chi connectivity index (χ3v) is 4.21. The molecule has 0 unspecified atom stereocenters. The van der Waals surface area contributed by atoms with Crippen molar-refractivity contribution in [3.05, 3.63) is 77.6 Å². The Morgan fingerprint density at radius 1 is 1.12 bits per heavy atom. The Balaban J connectivity index is 1.76. The van der Waals surface area contributed by atoms with Gasteiger partial charge in [0, 0.05) is 25.9 Å². The zero-order valence-corrected chi connectivity index (χ0v) is 14.4. The number of benzene rings is 1. The second-order valence-corrected chi connectivity index (χ2v) is 5.93. The Kier molecular flexibility index (Phi) is 5.18. The minimum absolute atomic E-state index is 0.0219. The number of aryl methyl sites for hydroxylation is 2. The number of hydrogen-bond acceptors (Lipinski definition) is 4. The highest BCUT2D eigenvalue weighted by Crippen LogP contribution is 2.20. The molecule has 6 heteroatoms. The van der Waals surface area contributed by atoms with Gasteiger partial charge in [0.05, 0.1) is 0 Å². The number of nitrogens with one attached hydrogen (secondary N) is 1. The van der Waals surface area contributed by atoms with Crippen molar-refractivity contribution < 1.29 is 4.79 Å². The van der Waals surface area contributed by atoms with E-state index in [4.69, 9.17) is 0 Å². The Bertz CT molecular complexity index is 830. The van der Waals surface area contributed by atoms with E-state index in [0.717, 1.165) is 22.8 Å². The lowest BCUT2D eigenvalue weighted by molar-refractivity contribution is -0.121. The molecular weight excluding hydrogens is 314 g/mol. The maximum absolute atomic E-state index is 12.5. The first kappa shape index (κ1) is 16.8. The van der Waals surface area contributed by atoms with Gasteiger partial charge in [-0.1, -0.05) is 30.3 Å². The van der Waals surface area contributed by atoms with Gasteiger partial charge in [-0.15, -0.1) is 10.2 Å². The molecule has 0 aliphatic rings. The summed E-state index contributed by atoms with van der Waals surface area (Å²) in [6, 6.07) is 13.4. The summed E-state index contributed by atoms with van der Waals surface area (Å²) in [5, 5.41) is 11.5. The lowest BCUT2D eigenvalue weighted by atomic mass is 10.1. The predicted octanol–water partition coefficient (Wildman–Crippen LogP) is 2.36. The Morgan fingerprint density at radius 3 is 2.48 bits per heavy atom. The van der Waals surface area contributed by atoms with Crippen molar-refractivity contribution in [1.29, 1.82) is 0 Å². The number of aromatic nitrogens is 4. The Hall–Kier alpha value is -3.02. The molecule has 0 fully saturated rings. The Morgan fingerprint density at radius 2 is 1.84 bits per heavy atom. The molecule has 2 heterocycles. The molecule has 1 aromatic carbocycles. The maximum atomic E-state index is 12.5. The summed E-state index contributed by atoms with van der Waals surface area (Å²) in [4.78, 5) is 16.5. The number of nitrogens with zero attached hydrogens (tertiary/aromatic N) is 4. The van der Waals surface area contributed by atoms with Crippen molar-refractivity contribution in [1.82, 2.24) is 25.1 Å². The number of rotatable bonds is 6. The van der Waals surface area contributed by atoms with Crippen LogP contribution in [-0.4, -0.2) is 25.7 Å². The summed E-state index contributed by atoms with van der Waals surface area (Å²) in [6.07, 6.45) is 4.56. The summed E-state index contributed by atoms with van der Waals surface area (Å²) in [6.45, 7) is 1.89. The van der Waals surface area contributed by atoms with Crippen LogP contribution in [0.25, 0.3) is 0 Å². The summed E-state index contributed by atoms with van der Waals surface area (Å²) < 4.78 is 1.90. The van der Waals surface area contributed by atoms with E-state index < -0.39 is 0 Å². The molecule has 0 saturated heterocycles. The fourth-order valence-corrected chi connectivity index (χ4v) is 2.66. The van der Waals surface area contributed by atoms with Crippen molar-refractivity contribution in [2.75, 3.05) is 0 Å². The third kappa shape index (κ3) is 4.09. The van der Waals surface area contributed by atoms with Crippen LogP contribution in [0.15, 0.2) is 54.9 Å². The lowest BCUT2D eigenvalue weighted by Crippen LogP contribution is -2.31. The smallest absolute Gasteiger partial charge is 0.221 e. The molecule has 25 heavy (non-hydrogen) atoms. The molecule has 0 aliphatic carbocycles. The van der Waals surface area contributed by atoms with Crippen LogP contribution in [0.3, 0.4) is 0 Å². The molecule has 3 rings (SSSR count). The topological polar surface area (TPSA) is 72.7 Å². The molecule has 3 aromatic rings. The monoisotopic (exact) mass is 335 g/mol. The normalized spacial score (nSPS) is 11.9. The van der Waals surface area contributed by atoms with Gasteiger partial charge >= 0.3 is 0 Å². The summed E-state index contributed by atoms with van der Waals surface area (Å²) >= 11 is 0. The van der Waals surface area contributed by atoms with Gasteiger partial charge in [0.2, 0.25) is 5.91 Å². The quantitative estimate of drug-likeness (QED) is 0.750. The molecular formula is C19H21N5O. The van der Waals surface area contributed by atoms with Gasteiger partial charge in [-0.25, -0.2) is 0 Å². The van der Waals surface area contributed by atoms with E-state index in [0.29, 0.717) is 12.8 Å². The second-order valence-electron chi connectivity index (χ2n) is 5.93. The summed E-state index contributed by atoms with van der Waals surface area (Å²) in [5.41, 5.74) is 2.08. The van der Waals surface area contributed by atoms with E-state index in [-0.39, 0.29) is 11.9 Å². The van der Waals surface area contributed by atoms with Crippen LogP contribution >= 0.6 is 0 Å². The maximum Gasteiger partial charge on any atom is 0.221 e. The highest BCUT2D eigenvalue weighted by molar-refractivity contribution is 5.77. The van der Waals surface area contributed by atoms with Crippen LogP contribution in [-0.2, 0) is 18.3 Å². The highest BCUT2D eigenvalue weighted by Gasteiger charge is 2.22. The average Bonchev–Trinajstić information content (AvgIpc) is 2.98. The average molecular weight is 335 g/mol. The third-order valence-electron chi connectivity index (χ3n) is 4.21. The van der Waals surface area contributed by atoms with E-state index in [9.17, 15) is 4.79 Å². The Labute approximate surface area is 146 Å². The number of hydrogen-bond donors (Lipinski definition) is 1. The number of carbonyl (C=O) groups excluding carboxylic acids is 1. The second kappa shape index (κ2) is 7.70. The van der Waals surface area contributed by atoms with Crippen molar-refractivity contribution in [3.8, 4) is 0 Å². The van der Waals surface area contributed by atoms with Crippen LogP contribution in [0.5, 0.6) is 0 Å². The lowest BCUT2D eigenvalue weighted by Gasteiger charge is -2.18. The van der Waals surface area contributed by atoms with Crippen molar-refractivity contribution in [2.45, 2.75) is 25.8 Å². The van der Waals surface area contributed by atoms with E-state index in [2.05, 4.69) is 20.5 Å². The van der Waals surface area contributed by atoms with Crippen LogP contribution in [0.1, 0.15) is 35.2 Å². The van der Waals surface area contributed by atoms with Gasteiger partial charge in [0.25, 0.3) is 0 Å². The van der Waals surface area contributed by atoms with Gasteiger partial charge in [0.1, 0.15) is 11.9 Å². The first-order valence-corrected chi connectivity index (χ1v) is 8.24. The van der Waals surface area contributed by atoms with Gasteiger partial charge in [-0.3, -0.25) is 9.78 Å². The summed E-state index contributed by atoms with van der Waals surface area (Å²) in [5.74, 6) is 1.51. The van der Waals surface area contributed by atoms with E-state index in [1.165, 1.54) is 0 Å². The largest absolute Gasteiger partial charge is 0.342 e. The van der Waals surface area contributed by atoms with Crippen LogP contribution in [0, 0.1) is 6.92 Å². The molecule has 128 valence electrons. The first-order chi connectivity index (χ1) is 12.1. The van der Waals surface area contributed by atoms with E-state index in [1.807, 2.05) is 61.0 Å². The number of pyridine rings is 1. The molecule has 0 radical (unpaired) electrons.